The third kappa shape index (κ3) is 91.0. The van der Waals surface area contributed by atoms with E-state index < -0.39 is 36.0 Å². The van der Waals surface area contributed by atoms with E-state index in [9.17, 15) is 53.4 Å². The molecule has 1 amide bonds. The SMILES string of the molecule is C=C(/C(C)=C/C(=O)O)C(C)C.C=C(C)C(=C)C(C)C.C=C(C)C(=C)OCCNC(=C)C(C)C.C=C(C)C(=O)C(C)C.C=C(C)C(=O)OCCC(O)C(C)C.C=C(C)C(=O)OCCNC(=O)C(C)C.C=C(CC(=O)C(C)C)C(=O)O.C=C(O)CC(=C)C(=C)C(C)C.C=CC1CCC(C(C)C)C(O)C1.C=CCC(C)C.C=Cc1ccc(CC(C)C)cc1.CC(C)C(=O)/C=C\C(=O)O. The molecule has 740 valence electrons. The number of aliphatic carboxylic acids is 3. The molecule has 0 aliphatic heterocycles. The van der Waals surface area contributed by atoms with E-state index >= 15 is 0 Å². The minimum Gasteiger partial charge on any atom is -0.513 e. The van der Waals surface area contributed by atoms with Gasteiger partial charge >= 0.3 is 29.8 Å². The van der Waals surface area contributed by atoms with E-state index in [0.717, 1.165) is 101 Å². The number of carboxylic acid groups (broad SMARTS) is 3. The van der Waals surface area contributed by atoms with Gasteiger partial charge in [-0.3, -0.25) is 19.2 Å². The predicted octanol–water partition coefficient (Wildman–Crippen LogP) is 25.7. The molecule has 1 fully saturated rings. The molecule has 0 aromatic heterocycles. The van der Waals surface area contributed by atoms with E-state index in [1.54, 1.807) is 69.2 Å². The van der Waals surface area contributed by atoms with Gasteiger partial charge in [0.05, 0.1) is 31.1 Å². The number of aliphatic hydroxyl groups is 3. The van der Waals surface area contributed by atoms with Crippen molar-refractivity contribution in [2.75, 3.05) is 32.9 Å². The van der Waals surface area contributed by atoms with Gasteiger partial charge in [0, 0.05) is 84.0 Å². The molecular weight excluding hydrogens is 1640 g/mol. The molecule has 8 N–H and O–H groups in total. The third-order valence-corrected chi connectivity index (χ3v) is 18.4. The maximum Gasteiger partial charge on any atom is 0.333 e. The molecule has 0 spiro atoms. The third-order valence-electron chi connectivity index (χ3n) is 18.4. The summed E-state index contributed by atoms with van der Waals surface area (Å²) in [5, 5.41) is 58.7. The van der Waals surface area contributed by atoms with Crippen molar-refractivity contribution in [1.29, 1.82) is 0 Å². The van der Waals surface area contributed by atoms with Crippen LogP contribution in [0.4, 0.5) is 0 Å². The predicted molar refractivity (Wildman–Crippen MR) is 550 cm³/mol. The zero-order chi connectivity index (χ0) is 104. The molecule has 0 heterocycles. The first-order valence-electron chi connectivity index (χ1n) is 44.9. The van der Waals surface area contributed by atoms with Gasteiger partial charge in [-0.1, -0.05) is 312 Å². The number of rotatable bonds is 42. The van der Waals surface area contributed by atoms with Crippen LogP contribution in [0.5, 0.6) is 0 Å². The fourth-order valence-electron chi connectivity index (χ4n) is 9.20. The molecule has 4 atom stereocenters. The van der Waals surface area contributed by atoms with Gasteiger partial charge in [0.2, 0.25) is 5.91 Å². The van der Waals surface area contributed by atoms with E-state index in [2.05, 4.69) is 209 Å². The molecule has 0 saturated heterocycles. The number of nitrogens with one attached hydrogen (secondary N) is 2. The molecule has 1 aliphatic carbocycles. The Bertz CT molecular complexity index is 3680. The second kappa shape index (κ2) is 83.1. The Balaban J connectivity index is -0.000000152. The lowest BCUT2D eigenvalue weighted by atomic mass is 9.75. The summed E-state index contributed by atoms with van der Waals surface area (Å²) in [6.07, 6.45) is 14.9. The van der Waals surface area contributed by atoms with Crippen molar-refractivity contribution >= 4 is 59.2 Å². The first kappa shape index (κ1) is 140. The number of benzene rings is 1. The smallest absolute Gasteiger partial charge is 0.333 e. The number of esters is 2. The molecule has 1 aliphatic rings. The fourth-order valence-corrected chi connectivity index (χ4v) is 9.20. The van der Waals surface area contributed by atoms with Gasteiger partial charge in [0.1, 0.15) is 24.8 Å². The fraction of sp³-hybridized carbons (Fsp3) is 0.536. The lowest BCUT2D eigenvalue weighted by Crippen LogP contribution is -2.31. The number of allylic oxidation sites excluding steroid dienone is 12. The maximum absolute atomic E-state index is 11.1. The highest BCUT2D eigenvalue weighted by Crippen LogP contribution is 2.34. The van der Waals surface area contributed by atoms with Crippen LogP contribution in [0.3, 0.4) is 0 Å². The highest BCUT2D eigenvalue weighted by molar-refractivity contribution is 5.97. The van der Waals surface area contributed by atoms with Crippen LogP contribution in [-0.4, -0.2) is 129 Å². The van der Waals surface area contributed by atoms with E-state index in [4.69, 9.17) is 34.6 Å². The van der Waals surface area contributed by atoms with Crippen molar-refractivity contribution in [2.45, 2.75) is 271 Å². The van der Waals surface area contributed by atoms with Crippen molar-refractivity contribution in [3.63, 3.8) is 0 Å². The summed E-state index contributed by atoms with van der Waals surface area (Å²) in [6, 6.07) is 8.59. The van der Waals surface area contributed by atoms with Crippen LogP contribution in [0.15, 0.2) is 238 Å². The zero-order valence-corrected chi connectivity index (χ0v) is 86.6. The molecule has 0 radical (unpaired) electrons. The number of ketones is 3. The minimum absolute atomic E-state index is 0.0382. The normalized spacial score (nSPS) is 12.8. The standard InChI is InChI=1S/C12H21NO.C12H16.C11H20O.C10H17NO3.C10H18O3.C10H16O.C9H14O2.C8H12O3.C8H14.C7H10O3.C7H12O.C6H12/c1-9(2)11(5)13-7-8-14-12(6)10(3)4;1-4-11-5-7-12(8-6-11)9-10(2)3;1-4-9-5-6-10(8(2)3)11(12)7-9;1-7(2)9(12)11-5-6-14-10(13)8(3)4;1-7(2)9(11)5-6-13-10(12)8(3)4;1-7(2)10(5)8(3)6-9(4)11;1-6(2)8(4)7(3)5-9(10)11;1-5(2)7(9)4-6(3)8(10)11;1-6(2)8(5)7(3)4;1-5(2)6(8)3-4-7(9)10;1-5(2)7(8)6(3)4;1-4-5-6(2)3/h9,13H,3,5-8H2,1-2,4H3;4-8,10H,1,9H2,2-3H3;4,8-12H,1,5-7H2,2-3H3;7H,3,5-6H2,1-2,4H3,(H,11,12);7,9,11H,3,5-6H2,1-2,4H3;7,11H,3-6H2,1-2H3;5-6H,4H2,1-3H3,(H,10,11);5H,3-4H2,1-2H3,(H,10,11);7H,1,5H2,2-4H3;3-5H,1-2H3,(H,9,10);6H,1H2,2-4H3;4,6H,1,5H2,2-3H3/b;;;;;;7-5+;;;4-3-;;. The van der Waals surface area contributed by atoms with Crippen molar-refractivity contribution in [1.82, 2.24) is 10.6 Å². The van der Waals surface area contributed by atoms with E-state index in [0.29, 0.717) is 89.9 Å². The van der Waals surface area contributed by atoms with Gasteiger partial charge in [-0.05, 0) is 183 Å². The maximum atomic E-state index is 11.1. The van der Waals surface area contributed by atoms with Crippen molar-refractivity contribution < 1.29 is 88.0 Å². The van der Waals surface area contributed by atoms with E-state index in [1.807, 2.05) is 87.5 Å². The van der Waals surface area contributed by atoms with Crippen molar-refractivity contribution in [3.05, 3.63) is 250 Å². The monoisotopic (exact) mass is 1820 g/mol. The number of hydrogen-bond donors (Lipinski definition) is 8. The highest BCUT2D eigenvalue weighted by atomic mass is 16.5. The molecule has 130 heavy (non-hydrogen) atoms. The van der Waals surface area contributed by atoms with E-state index in [1.165, 1.54) is 23.6 Å². The molecule has 20 heteroatoms. The zero-order valence-electron chi connectivity index (χ0n) is 86.6. The van der Waals surface area contributed by atoms with Crippen LogP contribution in [0.1, 0.15) is 264 Å². The van der Waals surface area contributed by atoms with Gasteiger partial charge in [-0.2, -0.15) is 0 Å². The Kier molecular flexibility index (Phi) is 89.5. The van der Waals surface area contributed by atoms with Crippen molar-refractivity contribution in [3.8, 4) is 0 Å². The number of carbonyl (C=O) groups is 9. The van der Waals surface area contributed by atoms with Gasteiger partial charge in [0.15, 0.2) is 11.6 Å². The van der Waals surface area contributed by atoms with Gasteiger partial charge in [0.25, 0.3) is 0 Å². The minimum atomic E-state index is -1.10. The lowest BCUT2D eigenvalue weighted by Gasteiger charge is -2.34. The van der Waals surface area contributed by atoms with Crippen molar-refractivity contribution in [2.24, 2.45) is 82.9 Å². The molecule has 2 rings (SSSR count). The summed E-state index contributed by atoms with van der Waals surface area (Å²) in [6.45, 7) is 119. The second-order valence-corrected chi connectivity index (χ2v) is 35.8. The largest absolute Gasteiger partial charge is 0.513 e. The molecular formula is C110H182N2O18. The lowest BCUT2D eigenvalue weighted by molar-refractivity contribution is -0.140. The molecule has 0 bridgehead atoms. The Morgan fingerprint density at radius 3 is 1.23 bits per heavy atom. The number of ether oxygens (including phenoxy) is 3. The average molecular weight is 1820 g/mol. The van der Waals surface area contributed by atoms with Crippen LogP contribution in [-0.2, 0) is 63.8 Å². The number of aliphatic hydroxyl groups excluding tert-OH is 3. The quantitative estimate of drug-likeness (QED) is 0.00753. The summed E-state index contributed by atoms with van der Waals surface area (Å²) in [7, 11) is 0. The first-order chi connectivity index (χ1) is 59.5. The molecule has 1 saturated carbocycles. The molecule has 1 aromatic rings. The Morgan fingerprint density at radius 1 is 0.477 bits per heavy atom. The van der Waals surface area contributed by atoms with Crippen LogP contribution in [0.25, 0.3) is 6.08 Å². The van der Waals surface area contributed by atoms with Crippen LogP contribution in [0.2, 0.25) is 0 Å². The number of hydrogen-bond acceptors (Lipinski definition) is 16. The number of Topliss-reactive ketones (excluding diaryl/α,β-unsaturated/α-hetero) is 2. The van der Waals surface area contributed by atoms with Crippen LogP contribution >= 0.6 is 0 Å². The highest BCUT2D eigenvalue weighted by Gasteiger charge is 2.29. The summed E-state index contributed by atoms with van der Waals surface area (Å²) < 4.78 is 14.9. The van der Waals surface area contributed by atoms with Crippen LogP contribution < -0.4 is 10.6 Å². The summed E-state index contributed by atoms with van der Waals surface area (Å²) >= 11 is 0. The second-order valence-electron chi connectivity index (χ2n) is 35.8. The van der Waals surface area contributed by atoms with Gasteiger partial charge in [-0.25, -0.2) is 24.0 Å². The summed E-state index contributed by atoms with van der Waals surface area (Å²) in [5.74, 6) is 1.66. The molecule has 1 aromatic carbocycles. The van der Waals surface area contributed by atoms with E-state index in [-0.39, 0.29) is 89.9 Å². The van der Waals surface area contributed by atoms with Gasteiger partial charge < -0.3 is 55.5 Å². The van der Waals surface area contributed by atoms with Crippen LogP contribution in [0, 0.1) is 82.9 Å². The average Bonchev–Trinajstić information content (AvgIpc) is 0.864. The molecule has 4 unspecified atom stereocenters. The Morgan fingerprint density at radius 2 is 0.938 bits per heavy atom. The number of carbonyl (C=O) groups excluding carboxylic acids is 6. The number of carboxylic acids is 3. The topological polar surface area (TPSA) is 327 Å². The summed E-state index contributed by atoms with van der Waals surface area (Å²) in [4.78, 5) is 95.5. The van der Waals surface area contributed by atoms with Gasteiger partial charge in [-0.15, -0.1) is 13.2 Å². The number of amides is 1. The Labute approximate surface area is 790 Å². The first-order valence-corrected chi connectivity index (χ1v) is 44.9. The summed E-state index contributed by atoms with van der Waals surface area (Å²) in [5.41, 5.74) is 11.6. The Hall–Kier alpha value is -10.3. The molecule has 20 nitrogen and oxygen atoms in total.